The summed E-state index contributed by atoms with van der Waals surface area (Å²) in [6, 6.07) is 0. The highest BCUT2D eigenvalue weighted by atomic mass is 16.1. The topological polar surface area (TPSA) is 29.1 Å². The van der Waals surface area contributed by atoms with Gasteiger partial charge in [-0.2, -0.15) is 0 Å². The van der Waals surface area contributed by atoms with Crippen LogP contribution in [-0.4, -0.2) is 12.5 Å². The van der Waals surface area contributed by atoms with Crippen LogP contribution in [0.5, 0.6) is 0 Å². The Kier molecular flexibility index (Phi) is 2.71. The van der Waals surface area contributed by atoms with Crippen LogP contribution >= 0.6 is 0 Å². The van der Waals surface area contributed by atoms with Gasteiger partial charge in [-0.3, -0.25) is 4.79 Å². The van der Waals surface area contributed by atoms with E-state index in [1.54, 1.807) is 0 Å². The minimum atomic E-state index is 0.180. The summed E-state index contributed by atoms with van der Waals surface area (Å²) >= 11 is 0. The van der Waals surface area contributed by atoms with E-state index < -0.39 is 0 Å². The Morgan fingerprint density at radius 3 is 3.00 bits per heavy atom. The molecule has 0 aromatic heterocycles. The number of hydrogen-bond donors (Lipinski definition) is 1. The van der Waals surface area contributed by atoms with Crippen molar-refractivity contribution in [3.63, 3.8) is 0 Å². The van der Waals surface area contributed by atoms with Gasteiger partial charge < -0.3 is 5.32 Å². The zero-order valence-corrected chi connectivity index (χ0v) is 8.62. The first-order valence-electron chi connectivity index (χ1n) is 5.45. The highest BCUT2D eigenvalue weighted by Crippen LogP contribution is 2.39. The lowest BCUT2D eigenvalue weighted by atomic mass is 10.00. The number of allylic oxidation sites excluding steroid dienone is 3. The fourth-order valence-corrected chi connectivity index (χ4v) is 2.23. The van der Waals surface area contributed by atoms with Crippen LogP contribution in [0.15, 0.2) is 23.8 Å². The number of carbonyl (C=O) groups excluding carboxylic acids is 1. The Balaban J connectivity index is 1.81. The molecule has 2 nitrogen and oxygen atoms in total. The molecule has 2 atom stereocenters. The molecule has 2 aliphatic rings. The summed E-state index contributed by atoms with van der Waals surface area (Å²) < 4.78 is 0. The molecule has 0 heterocycles. The second-order valence-corrected chi connectivity index (χ2v) is 4.16. The molecule has 2 unspecified atom stereocenters. The van der Waals surface area contributed by atoms with Gasteiger partial charge in [0.05, 0.1) is 0 Å². The summed E-state index contributed by atoms with van der Waals surface area (Å²) in [4.78, 5) is 11.5. The maximum atomic E-state index is 11.5. The van der Waals surface area contributed by atoms with Gasteiger partial charge in [0, 0.05) is 13.0 Å². The maximum absolute atomic E-state index is 11.5. The van der Waals surface area contributed by atoms with E-state index in [1.807, 2.05) is 0 Å². The van der Waals surface area contributed by atoms with Crippen LogP contribution in [0.4, 0.5) is 0 Å². The fraction of sp³-hybridized carbons (Fsp3) is 0.583. The molecule has 0 saturated carbocycles. The van der Waals surface area contributed by atoms with Crippen LogP contribution < -0.4 is 5.32 Å². The van der Waals surface area contributed by atoms with E-state index in [4.69, 9.17) is 0 Å². The summed E-state index contributed by atoms with van der Waals surface area (Å²) in [6.45, 7) is 2.87. The summed E-state index contributed by atoms with van der Waals surface area (Å²) in [5, 5.41) is 2.91. The molecule has 0 aromatic carbocycles. The first-order chi connectivity index (χ1) is 6.79. The van der Waals surface area contributed by atoms with Gasteiger partial charge in [0.2, 0.25) is 5.91 Å². The number of fused-ring (bicyclic) bond motifs is 2. The average Bonchev–Trinajstić information content (AvgIpc) is 2.76. The third-order valence-electron chi connectivity index (χ3n) is 2.96. The standard InChI is InChI=1S/C12H17NO/c1-2-5-13-12(14)8-11-7-9-3-4-10(11)6-9/h3-4,7,9-10H,2,5-6,8H2,1H3,(H,13,14). The molecule has 2 heteroatoms. The first kappa shape index (κ1) is 9.50. The highest BCUT2D eigenvalue weighted by Gasteiger charge is 2.28. The molecular formula is C12H17NO. The molecule has 0 spiro atoms. The quantitative estimate of drug-likeness (QED) is 0.677. The van der Waals surface area contributed by atoms with Gasteiger partial charge in [-0.25, -0.2) is 0 Å². The molecule has 14 heavy (non-hydrogen) atoms. The molecule has 0 saturated heterocycles. The smallest absolute Gasteiger partial charge is 0.224 e. The fourth-order valence-electron chi connectivity index (χ4n) is 2.23. The molecule has 2 bridgehead atoms. The van der Waals surface area contributed by atoms with Gasteiger partial charge in [0.25, 0.3) is 0 Å². The minimum Gasteiger partial charge on any atom is -0.356 e. The largest absolute Gasteiger partial charge is 0.356 e. The van der Waals surface area contributed by atoms with Crippen molar-refractivity contribution in [3.05, 3.63) is 23.8 Å². The van der Waals surface area contributed by atoms with E-state index in [0.717, 1.165) is 13.0 Å². The van der Waals surface area contributed by atoms with Crippen LogP contribution in [-0.2, 0) is 4.79 Å². The monoisotopic (exact) mass is 191 g/mol. The highest BCUT2D eigenvalue weighted by molar-refractivity contribution is 5.79. The predicted octanol–water partition coefficient (Wildman–Crippen LogP) is 2.04. The lowest BCUT2D eigenvalue weighted by Crippen LogP contribution is -2.24. The third-order valence-corrected chi connectivity index (χ3v) is 2.96. The zero-order chi connectivity index (χ0) is 9.97. The lowest BCUT2D eigenvalue weighted by Gasteiger charge is -2.09. The maximum Gasteiger partial charge on any atom is 0.224 e. The van der Waals surface area contributed by atoms with Crippen LogP contribution in [0.2, 0.25) is 0 Å². The Morgan fingerprint density at radius 1 is 1.57 bits per heavy atom. The summed E-state index contributed by atoms with van der Waals surface area (Å²) in [6.07, 6.45) is 9.57. The van der Waals surface area contributed by atoms with Crippen LogP contribution in [0, 0.1) is 11.8 Å². The van der Waals surface area contributed by atoms with E-state index in [9.17, 15) is 4.79 Å². The van der Waals surface area contributed by atoms with Gasteiger partial charge in [0.1, 0.15) is 0 Å². The van der Waals surface area contributed by atoms with Crippen LogP contribution in [0.3, 0.4) is 0 Å². The molecule has 0 aromatic rings. The van der Waals surface area contributed by atoms with E-state index in [-0.39, 0.29) is 5.91 Å². The van der Waals surface area contributed by atoms with Crippen molar-refractivity contribution in [1.29, 1.82) is 0 Å². The van der Waals surface area contributed by atoms with Gasteiger partial charge in [0.15, 0.2) is 0 Å². The van der Waals surface area contributed by atoms with Crippen molar-refractivity contribution in [2.45, 2.75) is 26.2 Å². The van der Waals surface area contributed by atoms with Crippen molar-refractivity contribution in [3.8, 4) is 0 Å². The third kappa shape index (κ3) is 1.89. The van der Waals surface area contributed by atoms with Crippen molar-refractivity contribution in [2.24, 2.45) is 11.8 Å². The van der Waals surface area contributed by atoms with Gasteiger partial charge in [-0.1, -0.05) is 30.7 Å². The number of nitrogens with one attached hydrogen (secondary N) is 1. The predicted molar refractivity (Wildman–Crippen MR) is 56.7 cm³/mol. The molecule has 1 amide bonds. The van der Waals surface area contributed by atoms with E-state index in [1.165, 1.54) is 12.0 Å². The summed E-state index contributed by atoms with van der Waals surface area (Å²) in [7, 11) is 0. The first-order valence-corrected chi connectivity index (χ1v) is 5.45. The Bertz CT molecular complexity index is 291. The second-order valence-electron chi connectivity index (χ2n) is 4.16. The van der Waals surface area contributed by atoms with Gasteiger partial charge in [-0.05, 0) is 24.7 Å². The lowest BCUT2D eigenvalue weighted by molar-refractivity contribution is -0.120. The molecule has 0 aliphatic heterocycles. The molecule has 1 N–H and O–H groups in total. The van der Waals surface area contributed by atoms with Crippen molar-refractivity contribution in [2.75, 3.05) is 6.54 Å². The van der Waals surface area contributed by atoms with Crippen molar-refractivity contribution >= 4 is 5.91 Å². The van der Waals surface area contributed by atoms with Crippen LogP contribution in [0.25, 0.3) is 0 Å². The van der Waals surface area contributed by atoms with E-state index in [2.05, 4.69) is 30.5 Å². The van der Waals surface area contributed by atoms with E-state index >= 15 is 0 Å². The molecular weight excluding hydrogens is 174 g/mol. The molecule has 76 valence electrons. The Labute approximate surface area is 85.1 Å². The normalized spacial score (nSPS) is 27.9. The minimum absolute atomic E-state index is 0.180. The van der Waals surface area contributed by atoms with E-state index in [0.29, 0.717) is 18.3 Å². The molecule has 0 radical (unpaired) electrons. The number of amides is 1. The summed E-state index contributed by atoms with van der Waals surface area (Å²) in [5.74, 6) is 1.36. The van der Waals surface area contributed by atoms with Gasteiger partial charge >= 0.3 is 0 Å². The summed E-state index contributed by atoms with van der Waals surface area (Å²) in [5.41, 5.74) is 1.33. The second kappa shape index (κ2) is 3.99. The van der Waals surface area contributed by atoms with Crippen molar-refractivity contribution < 1.29 is 4.79 Å². The SMILES string of the molecule is CCCNC(=O)CC1=CC2C=CC1C2. The average molecular weight is 191 g/mol. The molecule has 0 fully saturated rings. The van der Waals surface area contributed by atoms with Crippen LogP contribution in [0.1, 0.15) is 26.2 Å². The number of carbonyl (C=O) groups is 1. The molecule has 2 aliphatic carbocycles. The number of hydrogen-bond acceptors (Lipinski definition) is 1. The van der Waals surface area contributed by atoms with Gasteiger partial charge in [-0.15, -0.1) is 0 Å². The van der Waals surface area contributed by atoms with Crippen molar-refractivity contribution in [1.82, 2.24) is 5.32 Å². The number of rotatable bonds is 4. The Hall–Kier alpha value is -1.05. The zero-order valence-electron chi connectivity index (χ0n) is 8.62. The Morgan fingerprint density at radius 2 is 2.43 bits per heavy atom. The molecule has 2 rings (SSSR count).